The fourth-order valence-corrected chi connectivity index (χ4v) is 2.43. The third-order valence-corrected chi connectivity index (χ3v) is 4.00. The summed E-state index contributed by atoms with van der Waals surface area (Å²) in [6, 6.07) is 0. The van der Waals surface area contributed by atoms with Gasteiger partial charge in [-0.3, -0.25) is 0 Å². The van der Waals surface area contributed by atoms with Gasteiger partial charge in [0.1, 0.15) is 12.2 Å². The van der Waals surface area contributed by atoms with Crippen LogP contribution in [-0.4, -0.2) is 45.4 Å². The number of likely N-dealkylation sites (tertiary alicyclic amines) is 1. The summed E-state index contributed by atoms with van der Waals surface area (Å²) in [5, 5.41) is 3.94. The lowest BCUT2D eigenvalue weighted by molar-refractivity contribution is -0.0834. The Hall–Kier alpha value is -1.63. The molecule has 0 spiro atoms. The maximum atomic E-state index is 12.1. The van der Waals surface area contributed by atoms with Gasteiger partial charge in [-0.1, -0.05) is 19.0 Å². The summed E-state index contributed by atoms with van der Waals surface area (Å²) in [4.78, 5) is 18.2. The molecule has 1 saturated heterocycles. The average Bonchev–Trinajstić information content (AvgIpc) is 2.93. The molecule has 1 aliphatic heterocycles. The van der Waals surface area contributed by atoms with Crippen LogP contribution < -0.4 is 0 Å². The van der Waals surface area contributed by atoms with E-state index in [1.54, 1.807) is 4.90 Å². The summed E-state index contributed by atoms with van der Waals surface area (Å²) in [6.45, 7) is 13.2. The van der Waals surface area contributed by atoms with Crippen LogP contribution in [-0.2, 0) is 16.1 Å². The Kier molecular flexibility index (Phi) is 5.52. The molecule has 2 heterocycles. The minimum atomic E-state index is -0.471. The monoisotopic (exact) mass is 339 g/mol. The molecule has 1 fully saturated rings. The van der Waals surface area contributed by atoms with E-state index < -0.39 is 5.60 Å². The van der Waals surface area contributed by atoms with E-state index in [-0.39, 0.29) is 17.6 Å². The third kappa shape index (κ3) is 5.19. The lowest BCUT2D eigenvalue weighted by Gasteiger charge is -2.39. The van der Waals surface area contributed by atoms with E-state index in [1.165, 1.54) is 0 Å². The summed E-state index contributed by atoms with van der Waals surface area (Å²) >= 11 is 0. The van der Waals surface area contributed by atoms with Crippen LogP contribution in [0.5, 0.6) is 0 Å². The normalized spacial score (nSPS) is 18.0. The standard InChI is InChI=1S/C17H29N3O4/c1-12(2)14-18-13(19-24-14)11-22-17(6)7-9-20(10-8-17)15(21)23-16(3,4)5/h12H,7-11H2,1-6H3. The van der Waals surface area contributed by atoms with E-state index in [0.29, 0.717) is 31.4 Å². The zero-order valence-corrected chi connectivity index (χ0v) is 15.6. The molecule has 0 unspecified atom stereocenters. The van der Waals surface area contributed by atoms with Crippen molar-refractivity contribution < 1.29 is 18.8 Å². The highest BCUT2D eigenvalue weighted by atomic mass is 16.6. The molecule has 2 rings (SSSR count). The van der Waals surface area contributed by atoms with Gasteiger partial charge in [-0.25, -0.2) is 4.79 Å². The molecular weight excluding hydrogens is 310 g/mol. The summed E-state index contributed by atoms with van der Waals surface area (Å²) < 4.78 is 16.6. The van der Waals surface area contributed by atoms with Crippen molar-refractivity contribution in [2.45, 2.75) is 78.1 Å². The fraction of sp³-hybridized carbons (Fsp3) is 0.824. The highest BCUT2D eigenvalue weighted by molar-refractivity contribution is 5.68. The molecular formula is C17H29N3O4. The van der Waals surface area contributed by atoms with Gasteiger partial charge in [0.15, 0.2) is 5.82 Å². The van der Waals surface area contributed by atoms with Crippen molar-refractivity contribution in [3.8, 4) is 0 Å². The van der Waals surface area contributed by atoms with Crippen molar-refractivity contribution in [2.24, 2.45) is 0 Å². The van der Waals surface area contributed by atoms with E-state index in [1.807, 2.05) is 34.6 Å². The summed E-state index contributed by atoms with van der Waals surface area (Å²) in [7, 11) is 0. The van der Waals surface area contributed by atoms with Crippen LogP contribution in [0.4, 0.5) is 4.79 Å². The molecule has 0 saturated carbocycles. The number of rotatable bonds is 4. The first kappa shape index (κ1) is 18.7. The molecule has 0 atom stereocenters. The predicted molar refractivity (Wildman–Crippen MR) is 88.6 cm³/mol. The third-order valence-electron chi connectivity index (χ3n) is 4.00. The first-order chi connectivity index (χ1) is 11.1. The molecule has 1 aromatic heterocycles. The molecule has 0 bridgehead atoms. The van der Waals surface area contributed by atoms with Crippen LogP contribution in [0.3, 0.4) is 0 Å². The largest absolute Gasteiger partial charge is 0.444 e. The van der Waals surface area contributed by atoms with Gasteiger partial charge in [-0.2, -0.15) is 4.98 Å². The van der Waals surface area contributed by atoms with Crippen LogP contribution in [0, 0.1) is 0 Å². The molecule has 24 heavy (non-hydrogen) atoms. The lowest BCUT2D eigenvalue weighted by atomic mass is 9.93. The first-order valence-electron chi connectivity index (χ1n) is 8.52. The number of carbonyl (C=O) groups is 1. The Morgan fingerprint density at radius 3 is 2.46 bits per heavy atom. The molecule has 1 amide bonds. The van der Waals surface area contributed by atoms with Crippen molar-refractivity contribution in [3.05, 3.63) is 11.7 Å². The molecule has 0 radical (unpaired) electrons. The lowest BCUT2D eigenvalue weighted by Crippen LogP contribution is -2.47. The molecule has 0 aliphatic carbocycles. The number of piperidine rings is 1. The SMILES string of the molecule is CC(C)c1nc(COC2(C)CCN(C(=O)OC(C)(C)C)CC2)no1. The second-order valence-electron chi connectivity index (χ2n) is 7.91. The van der Waals surface area contributed by atoms with Gasteiger partial charge < -0.3 is 18.9 Å². The van der Waals surface area contributed by atoms with Crippen molar-refractivity contribution in [3.63, 3.8) is 0 Å². The van der Waals surface area contributed by atoms with E-state index in [4.69, 9.17) is 14.0 Å². The number of hydrogen-bond donors (Lipinski definition) is 0. The van der Waals surface area contributed by atoms with Crippen LogP contribution >= 0.6 is 0 Å². The number of aromatic nitrogens is 2. The van der Waals surface area contributed by atoms with Crippen molar-refractivity contribution in [1.82, 2.24) is 15.0 Å². The number of ether oxygens (including phenoxy) is 2. The van der Waals surface area contributed by atoms with Crippen LogP contribution in [0.15, 0.2) is 4.52 Å². The zero-order valence-electron chi connectivity index (χ0n) is 15.6. The van der Waals surface area contributed by atoms with Gasteiger partial charge >= 0.3 is 6.09 Å². The van der Waals surface area contributed by atoms with Gasteiger partial charge in [0.05, 0.1) is 5.60 Å². The van der Waals surface area contributed by atoms with Gasteiger partial charge in [-0.15, -0.1) is 0 Å². The minimum absolute atomic E-state index is 0.207. The van der Waals surface area contributed by atoms with Crippen LogP contribution in [0.25, 0.3) is 0 Å². The van der Waals surface area contributed by atoms with Crippen molar-refractivity contribution in [2.75, 3.05) is 13.1 Å². The Morgan fingerprint density at radius 2 is 1.96 bits per heavy atom. The van der Waals surface area contributed by atoms with E-state index >= 15 is 0 Å². The highest BCUT2D eigenvalue weighted by Gasteiger charge is 2.34. The topological polar surface area (TPSA) is 77.7 Å². The quantitative estimate of drug-likeness (QED) is 0.835. The number of amides is 1. The number of hydrogen-bond acceptors (Lipinski definition) is 6. The van der Waals surface area contributed by atoms with Gasteiger partial charge in [0, 0.05) is 19.0 Å². The minimum Gasteiger partial charge on any atom is -0.444 e. The maximum Gasteiger partial charge on any atom is 0.410 e. The molecule has 0 aromatic carbocycles. The molecule has 1 aliphatic rings. The summed E-state index contributed by atoms with van der Waals surface area (Å²) in [5.41, 5.74) is -0.766. The van der Waals surface area contributed by atoms with E-state index in [0.717, 1.165) is 12.8 Å². The summed E-state index contributed by atoms with van der Waals surface area (Å²) in [5.74, 6) is 1.40. The van der Waals surface area contributed by atoms with Crippen molar-refractivity contribution >= 4 is 6.09 Å². The smallest absolute Gasteiger partial charge is 0.410 e. The van der Waals surface area contributed by atoms with Gasteiger partial charge in [0.25, 0.3) is 0 Å². The van der Waals surface area contributed by atoms with E-state index in [9.17, 15) is 4.79 Å². The Morgan fingerprint density at radius 1 is 1.33 bits per heavy atom. The number of carbonyl (C=O) groups excluding carboxylic acids is 1. The molecule has 1 aromatic rings. The van der Waals surface area contributed by atoms with Gasteiger partial charge in [0.2, 0.25) is 5.89 Å². The van der Waals surface area contributed by atoms with Crippen molar-refractivity contribution in [1.29, 1.82) is 0 Å². The van der Waals surface area contributed by atoms with E-state index in [2.05, 4.69) is 17.1 Å². The second kappa shape index (κ2) is 7.09. The summed E-state index contributed by atoms with van der Waals surface area (Å²) in [6.07, 6.45) is 1.24. The second-order valence-corrected chi connectivity index (χ2v) is 7.91. The maximum absolute atomic E-state index is 12.1. The molecule has 7 heteroatoms. The zero-order chi connectivity index (χ0) is 18.0. The highest BCUT2D eigenvalue weighted by Crippen LogP contribution is 2.28. The van der Waals surface area contributed by atoms with Crippen LogP contribution in [0.1, 0.15) is 72.0 Å². The van der Waals surface area contributed by atoms with Crippen LogP contribution in [0.2, 0.25) is 0 Å². The Labute approximate surface area is 143 Å². The molecule has 136 valence electrons. The fourth-order valence-electron chi connectivity index (χ4n) is 2.43. The first-order valence-corrected chi connectivity index (χ1v) is 8.52. The Bertz CT molecular complexity index is 554. The average molecular weight is 339 g/mol. The number of nitrogens with zero attached hydrogens (tertiary/aromatic N) is 3. The van der Waals surface area contributed by atoms with Gasteiger partial charge in [-0.05, 0) is 40.5 Å². The Balaban J connectivity index is 1.82. The predicted octanol–water partition coefficient (Wildman–Crippen LogP) is 3.50. The molecule has 0 N–H and O–H groups in total. The molecule has 7 nitrogen and oxygen atoms in total.